The first kappa shape index (κ1) is 17.5. The molecule has 4 heteroatoms. The number of carbonyl (C=O) groups is 1. The maximum Gasteiger partial charge on any atom is 0.227 e. The van der Waals surface area contributed by atoms with Gasteiger partial charge in [-0.3, -0.25) is 4.79 Å². The van der Waals surface area contributed by atoms with Crippen molar-refractivity contribution in [1.29, 1.82) is 0 Å². The van der Waals surface area contributed by atoms with Gasteiger partial charge in [0.2, 0.25) is 5.91 Å². The Labute approximate surface area is 128 Å². The lowest BCUT2D eigenvalue weighted by atomic mass is 9.81. The van der Waals surface area contributed by atoms with E-state index in [1.165, 1.54) is 0 Å². The zero-order valence-electron chi connectivity index (χ0n) is 13.8. The predicted molar refractivity (Wildman–Crippen MR) is 86.4 cm³/mol. The number of nitrogens with two attached hydrogens (primary N) is 1. The molecule has 21 heavy (non-hydrogen) atoms. The molecule has 1 rings (SSSR count). The number of ether oxygens (including phenoxy) is 1. The van der Waals surface area contributed by atoms with Gasteiger partial charge >= 0.3 is 0 Å². The fourth-order valence-electron chi connectivity index (χ4n) is 2.57. The molecule has 0 fully saturated rings. The van der Waals surface area contributed by atoms with E-state index < -0.39 is 5.41 Å². The summed E-state index contributed by atoms with van der Waals surface area (Å²) in [5.41, 5.74) is 7.49. The SMILES string of the molecule is CCC(CC)(CN)C(=O)NC(C)c1cc(C)ccc1OC. The van der Waals surface area contributed by atoms with Crippen molar-refractivity contribution in [3.05, 3.63) is 29.3 Å². The molecule has 1 aromatic rings. The van der Waals surface area contributed by atoms with Gasteiger partial charge in [0.15, 0.2) is 0 Å². The molecule has 0 aromatic heterocycles. The summed E-state index contributed by atoms with van der Waals surface area (Å²) in [5, 5.41) is 3.09. The van der Waals surface area contributed by atoms with Crippen LogP contribution in [0.2, 0.25) is 0 Å². The highest BCUT2D eigenvalue weighted by molar-refractivity contribution is 5.83. The monoisotopic (exact) mass is 292 g/mol. The largest absolute Gasteiger partial charge is 0.496 e. The summed E-state index contributed by atoms with van der Waals surface area (Å²) < 4.78 is 5.39. The second-order valence-corrected chi connectivity index (χ2v) is 5.63. The molecule has 1 aromatic carbocycles. The van der Waals surface area contributed by atoms with E-state index >= 15 is 0 Å². The average molecular weight is 292 g/mol. The molecule has 118 valence electrons. The molecule has 4 nitrogen and oxygen atoms in total. The van der Waals surface area contributed by atoms with Crippen molar-refractivity contribution >= 4 is 5.91 Å². The molecular weight excluding hydrogens is 264 g/mol. The van der Waals surface area contributed by atoms with Gasteiger partial charge in [-0.25, -0.2) is 0 Å². The molecule has 1 unspecified atom stereocenters. The number of hydrogen-bond acceptors (Lipinski definition) is 3. The summed E-state index contributed by atoms with van der Waals surface area (Å²) in [6, 6.07) is 5.87. The zero-order valence-corrected chi connectivity index (χ0v) is 13.8. The highest BCUT2D eigenvalue weighted by Crippen LogP contribution is 2.29. The van der Waals surface area contributed by atoms with Crippen molar-refractivity contribution in [2.75, 3.05) is 13.7 Å². The second-order valence-electron chi connectivity index (χ2n) is 5.63. The van der Waals surface area contributed by atoms with Crippen LogP contribution in [0.25, 0.3) is 0 Å². The Morgan fingerprint density at radius 3 is 2.48 bits per heavy atom. The van der Waals surface area contributed by atoms with E-state index in [0.717, 1.165) is 29.7 Å². The van der Waals surface area contributed by atoms with Gasteiger partial charge in [0, 0.05) is 12.1 Å². The molecule has 0 saturated heterocycles. The normalized spacial score (nSPS) is 12.9. The van der Waals surface area contributed by atoms with Crippen LogP contribution in [0.1, 0.15) is 50.8 Å². The summed E-state index contributed by atoms with van der Waals surface area (Å²) in [6.07, 6.45) is 1.48. The van der Waals surface area contributed by atoms with Gasteiger partial charge in [-0.15, -0.1) is 0 Å². The van der Waals surface area contributed by atoms with Gasteiger partial charge in [-0.2, -0.15) is 0 Å². The van der Waals surface area contributed by atoms with E-state index in [1.54, 1.807) is 7.11 Å². The zero-order chi connectivity index (χ0) is 16.0. The first-order valence-corrected chi connectivity index (χ1v) is 7.59. The molecule has 0 heterocycles. The van der Waals surface area contributed by atoms with Crippen LogP contribution in [-0.4, -0.2) is 19.6 Å². The average Bonchev–Trinajstić information content (AvgIpc) is 2.49. The Kier molecular flexibility index (Phi) is 6.21. The van der Waals surface area contributed by atoms with Crippen LogP contribution in [0.5, 0.6) is 5.75 Å². The van der Waals surface area contributed by atoms with Crippen LogP contribution in [0.3, 0.4) is 0 Å². The van der Waals surface area contributed by atoms with Crippen LogP contribution in [0, 0.1) is 12.3 Å². The third-order valence-corrected chi connectivity index (χ3v) is 4.43. The molecule has 1 amide bonds. The maximum absolute atomic E-state index is 12.6. The van der Waals surface area contributed by atoms with E-state index in [2.05, 4.69) is 5.32 Å². The number of rotatable bonds is 7. The minimum Gasteiger partial charge on any atom is -0.496 e. The molecule has 0 spiro atoms. The van der Waals surface area contributed by atoms with Crippen LogP contribution in [-0.2, 0) is 4.79 Å². The lowest BCUT2D eigenvalue weighted by molar-refractivity contribution is -0.131. The number of methoxy groups -OCH3 is 1. The third kappa shape index (κ3) is 3.76. The van der Waals surface area contributed by atoms with E-state index in [1.807, 2.05) is 45.9 Å². The molecule has 0 radical (unpaired) electrons. The van der Waals surface area contributed by atoms with Crippen molar-refractivity contribution in [1.82, 2.24) is 5.32 Å². The van der Waals surface area contributed by atoms with Gasteiger partial charge in [0.05, 0.1) is 18.6 Å². The van der Waals surface area contributed by atoms with Gasteiger partial charge < -0.3 is 15.8 Å². The van der Waals surface area contributed by atoms with Gasteiger partial charge in [0.25, 0.3) is 0 Å². The summed E-state index contributed by atoms with van der Waals surface area (Å²) in [5.74, 6) is 0.811. The minimum absolute atomic E-state index is 0.0195. The van der Waals surface area contributed by atoms with Crippen LogP contribution in [0.4, 0.5) is 0 Å². The van der Waals surface area contributed by atoms with E-state index in [4.69, 9.17) is 10.5 Å². The number of hydrogen-bond donors (Lipinski definition) is 2. The van der Waals surface area contributed by atoms with Crippen molar-refractivity contribution in [2.45, 2.75) is 46.6 Å². The summed E-state index contributed by atoms with van der Waals surface area (Å²) in [7, 11) is 1.64. The number of benzene rings is 1. The Bertz CT molecular complexity index is 473. The summed E-state index contributed by atoms with van der Waals surface area (Å²) in [6.45, 7) is 8.38. The van der Waals surface area contributed by atoms with Crippen LogP contribution in [0.15, 0.2) is 18.2 Å². The molecule has 0 bridgehead atoms. The smallest absolute Gasteiger partial charge is 0.227 e. The Morgan fingerprint density at radius 1 is 1.38 bits per heavy atom. The van der Waals surface area contributed by atoms with Gasteiger partial charge in [-0.1, -0.05) is 31.5 Å². The number of amides is 1. The predicted octanol–water partition coefficient (Wildman–Crippen LogP) is 2.95. The Morgan fingerprint density at radius 2 is 2.00 bits per heavy atom. The van der Waals surface area contributed by atoms with E-state index in [9.17, 15) is 4.79 Å². The molecule has 0 saturated carbocycles. The fourth-order valence-corrected chi connectivity index (χ4v) is 2.57. The molecule has 0 aliphatic rings. The first-order valence-electron chi connectivity index (χ1n) is 7.59. The standard InChI is InChI=1S/C17H28N2O2/c1-6-17(7-2,11-18)16(20)19-13(4)14-10-12(3)8-9-15(14)21-5/h8-10,13H,6-7,11,18H2,1-5H3,(H,19,20). The maximum atomic E-state index is 12.6. The summed E-state index contributed by atoms with van der Waals surface area (Å²) in [4.78, 5) is 12.6. The van der Waals surface area contributed by atoms with Gasteiger partial charge in [0.1, 0.15) is 5.75 Å². The Balaban J connectivity index is 2.98. The molecule has 3 N–H and O–H groups in total. The topological polar surface area (TPSA) is 64.4 Å². The lowest BCUT2D eigenvalue weighted by Gasteiger charge is -2.30. The number of aryl methyl sites for hydroxylation is 1. The van der Waals surface area contributed by atoms with Crippen molar-refractivity contribution < 1.29 is 9.53 Å². The fraction of sp³-hybridized carbons (Fsp3) is 0.588. The summed E-state index contributed by atoms with van der Waals surface area (Å²) >= 11 is 0. The van der Waals surface area contributed by atoms with Crippen molar-refractivity contribution in [3.8, 4) is 5.75 Å². The molecule has 0 aliphatic carbocycles. The molecule has 0 aliphatic heterocycles. The second kappa shape index (κ2) is 7.46. The van der Waals surface area contributed by atoms with Crippen molar-refractivity contribution in [2.24, 2.45) is 11.1 Å². The minimum atomic E-state index is -0.481. The molecular formula is C17H28N2O2. The Hall–Kier alpha value is -1.55. The van der Waals surface area contributed by atoms with E-state index in [-0.39, 0.29) is 11.9 Å². The quantitative estimate of drug-likeness (QED) is 0.812. The molecule has 1 atom stereocenters. The van der Waals surface area contributed by atoms with Crippen LogP contribution < -0.4 is 15.8 Å². The first-order chi connectivity index (χ1) is 9.93. The third-order valence-electron chi connectivity index (χ3n) is 4.43. The lowest BCUT2D eigenvalue weighted by Crippen LogP contribution is -2.46. The van der Waals surface area contributed by atoms with Crippen molar-refractivity contribution in [3.63, 3.8) is 0 Å². The van der Waals surface area contributed by atoms with Crippen LogP contribution >= 0.6 is 0 Å². The van der Waals surface area contributed by atoms with Gasteiger partial charge in [-0.05, 0) is 32.8 Å². The number of nitrogens with one attached hydrogen (secondary N) is 1. The highest BCUT2D eigenvalue weighted by Gasteiger charge is 2.34. The highest BCUT2D eigenvalue weighted by atomic mass is 16.5. The van der Waals surface area contributed by atoms with E-state index in [0.29, 0.717) is 6.54 Å². The number of carbonyl (C=O) groups excluding carboxylic acids is 1.